The van der Waals surface area contributed by atoms with Gasteiger partial charge < -0.3 is 19.7 Å². The van der Waals surface area contributed by atoms with Crippen LogP contribution in [0.15, 0.2) is 42.6 Å². The number of carbonyl (C=O) groups excluding carboxylic acids is 2. The summed E-state index contributed by atoms with van der Waals surface area (Å²) in [7, 11) is 0. The Morgan fingerprint density at radius 2 is 2.10 bits per heavy atom. The highest BCUT2D eigenvalue weighted by Crippen LogP contribution is 2.31. The molecule has 0 atom stereocenters. The number of halogens is 1. The lowest BCUT2D eigenvalue weighted by atomic mass is 9.97. The van der Waals surface area contributed by atoms with E-state index >= 15 is 0 Å². The number of hydrogen-bond acceptors (Lipinski definition) is 5. The van der Waals surface area contributed by atoms with E-state index < -0.39 is 5.82 Å². The van der Waals surface area contributed by atoms with E-state index in [-0.39, 0.29) is 35.7 Å². The van der Waals surface area contributed by atoms with Crippen molar-refractivity contribution in [3.8, 4) is 11.6 Å². The predicted octanol–water partition coefficient (Wildman–Crippen LogP) is 2.74. The summed E-state index contributed by atoms with van der Waals surface area (Å²) < 4.78 is 27.4. The summed E-state index contributed by atoms with van der Waals surface area (Å²) in [6.45, 7) is 1.39. The normalized spacial score (nSPS) is 16.5. The van der Waals surface area contributed by atoms with E-state index in [1.807, 2.05) is 24.3 Å². The van der Waals surface area contributed by atoms with Gasteiger partial charge in [-0.05, 0) is 37.0 Å². The van der Waals surface area contributed by atoms with Crippen LogP contribution in [0.2, 0.25) is 0 Å². The first-order valence-corrected chi connectivity index (χ1v) is 10.2. The van der Waals surface area contributed by atoms with E-state index in [2.05, 4.69) is 10.4 Å². The summed E-state index contributed by atoms with van der Waals surface area (Å²) in [5.41, 5.74) is 1.22. The molecule has 1 N–H and O–H groups in total. The number of piperidine rings is 1. The maximum absolute atomic E-state index is 14.5. The molecule has 4 heterocycles. The maximum Gasteiger partial charge on any atom is 0.262 e. The SMILES string of the molecule is O=C1COc2cc(F)c(C(=O)N3CCC(COc4cccc5ccnn45)CC3)cc2N1. The standard InChI is InChI=1S/C22H21FN4O4/c23-17-11-19-18(25-20(28)13-30-19)10-16(17)22(29)26-8-5-14(6-9-26)12-31-21-3-1-2-15-4-7-24-27(15)21/h1-4,7,10-11,14H,5-6,8-9,12-13H2,(H,25,28). The molecule has 0 aliphatic carbocycles. The maximum atomic E-state index is 14.5. The second-order valence-electron chi connectivity index (χ2n) is 7.74. The molecule has 0 spiro atoms. The van der Waals surface area contributed by atoms with Crippen LogP contribution in [-0.2, 0) is 4.79 Å². The minimum Gasteiger partial charge on any atom is -0.481 e. The molecule has 2 aliphatic heterocycles. The highest BCUT2D eigenvalue weighted by molar-refractivity contribution is 6.00. The van der Waals surface area contributed by atoms with Crippen molar-refractivity contribution in [1.82, 2.24) is 14.5 Å². The van der Waals surface area contributed by atoms with Crippen molar-refractivity contribution in [2.24, 2.45) is 5.92 Å². The van der Waals surface area contributed by atoms with Gasteiger partial charge in [-0.2, -0.15) is 5.10 Å². The molecule has 8 nitrogen and oxygen atoms in total. The van der Waals surface area contributed by atoms with Crippen LogP contribution in [-0.4, -0.2) is 52.6 Å². The summed E-state index contributed by atoms with van der Waals surface area (Å²) in [6.07, 6.45) is 3.24. The summed E-state index contributed by atoms with van der Waals surface area (Å²) in [6, 6.07) is 10.2. The van der Waals surface area contributed by atoms with Crippen molar-refractivity contribution in [3.05, 3.63) is 54.0 Å². The van der Waals surface area contributed by atoms with Crippen molar-refractivity contribution in [3.63, 3.8) is 0 Å². The number of carbonyl (C=O) groups is 2. The van der Waals surface area contributed by atoms with Crippen molar-refractivity contribution in [1.29, 1.82) is 0 Å². The number of pyridine rings is 1. The molecule has 2 aromatic heterocycles. The average Bonchev–Trinajstić information content (AvgIpc) is 3.27. The van der Waals surface area contributed by atoms with Crippen molar-refractivity contribution < 1.29 is 23.5 Å². The molecule has 2 aliphatic rings. The lowest BCUT2D eigenvalue weighted by Crippen LogP contribution is -2.40. The lowest BCUT2D eigenvalue weighted by Gasteiger charge is -2.32. The van der Waals surface area contributed by atoms with Crippen LogP contribution in [0.4, 0.5) is 10.1 Å². The molecule has 1 aromatic carbocycles. The molecule has 1 fully saturated rings. The summed E-state index contributed by atoms with van der Waals surface area (Å²) in [5, 5.41) is 6.87. The van der Waals surface area contributed by atoms with Gasteiger partial charge in [-0.25, -0.2) is 8.91 Å². The zero-order valence-corrected chi connectivity index (χ0v) is 16.7. The van der Waals surface area contributed by atoms with Crippen molar-refractivity contribution in [2.45, 2.75) is 12.8 Å². The number of rotatable bonds is 4. The van der Waals surface area contributed by atoms with E-state index in [9.17, 15) is 14.0 Å². The van der Waals surface area contributed by atoms with Gasteiger partial charge in [0.1, 0.15) is 11.6 Å². The first-order chi connectivity index (χ1) is 15.1. The second kappa shape index (κ2) is 7.90. The molecule has 160 valence electrons. The smallest absolute Gasteiger partial charge is 0.262 e. The number of benzene rings is 1. The Labute approximate surface area is 177 Å². The van der Waals surface area contributed by atoms with Crippen LogP contribution in [0, 0.1) is 11.7 Å². The van der Waals surface area contributed by atoms with Gasteiger partial charge >= 0.3 is 0 Å². The topological polar surface area (TPSA) is 85.2 Å². The van der Waals surface area contributed by atoms with Gasteiger partial charge in [0.2, 0.25) is 5.88 Å². The Morgan fingerprint density at radius 3 is 2.94 bits per heavy atom. The van der Waals surface area contributed by atoms with Gasteiger partial charge in [0.15, 0.2) is 6.61 Å². The molecule has 0 unspecified atom stereocenters. The molecule has 0 radical (unpaired) electrons. The Kier molecular flexibility index (Phi) is 4.93. The molecule has 0 bridgehead atoms. The molecule has 0 saturated carbocycles. The van der Waals surface area contributed by atoms with Crippen LogP contribution >= 0.6 is 0 Å². The second-order valence-corrected chi connectivity index (χ2v) is 7.74. The van der Waals surface area contributed by atoms with Crippen LogP contribution < -0.4 is 14.8 Å². The van der Waals surface area contributed by atoms with E-state index in [1.165, 1.54) is 6.07 Å². The average molecular weight is 424 g/mol. The lowest BCUT2D eigenvalue weighted by molar-refractivity contribution is -0.118. The number of nitrogens with zero attached hydrogens (tertiary/aromatic N) is 3. The molecule has 2 amide bonds. The molecular formula is C22H21FN4O4. The fourth-order valence-electron chi connectivity index (χ4n) is 3.97. The number of fused-ring (bicyclic) bond motifs is 2. The third-order valence-corrected chi connectivity index (χ3v) is 5.69. The zero-order chi connectivity index (χ0) is 21.4. The molecular weight excluding hydrogens is 403 g/mol. The van der Waals surface area contributed by atoms with Gasteiger partial charge in [0.05, 0.1) is 29.6 Å². The molecule has 31 heavy (non-hydrogen) atoms. The minimum atomic E-state index is -0.655. The highest BCUT2D eigenvalue weighted by atomic mass is 19.1. The fourth-order valence-corrected chi connectivity index (χ4v) is 3.97. The number of amides is 2. The quantitative estimate of drug-likeness (QED) is 0.696. The summed E-state index contributed by atoms with van der Waals surface area (Å²) in [4.78, 5) is 26.0. The van der Waals surface area contributed by atoms with Gasteiger partial charge in [-0.1, -0.05) is 6.07 Å². The van der Waals surface area contributed by atoms with Crippen LogP contribution in [0.1, 0.15) is 23.2 Å². The van der Waals surface area contributed by atoms with E-state index in [4.69, 9.17) is 9.47 Å². The summed E-state index contributed by atoms with van der Waals surface area (Å²) in [5.74, 6) is -0.170. The number of hydrogen-bond donors (Lipinski definition) is 1. The number of ether oxygens (including phenoxy) is 2. The third kappa shape index (κ3) is 3.78. The first kappa shape index (κ1) is 19.3. The largest absolute Gasteiger partial charge is 0.481 e. The van der Waals surface area contributed by atoms with Gasteiger partial charge in [0, 0.05) is 25.2 Å². The molecule has 9 heteroatoms. The Morgan fingerprint density at radius 1 is 1.26 bits per heavy atom. The van der Waals surface area contributed by atoms with E-state index in [1.54, 1.807) is 15.6 Å². The van der Waals surface area contributed by atoms with Gasteiger partial charge in [-0.15, -0.1) is 0 Å². The van der Waals surface area contributed by atoms with Crippen LogP contribution in [0.25, 0.3) is 5.52 Å². The third-order valence-electron chi connectivity index (χ3n) is 5.69. The molecule has 1 saturated heterocycles. The molecule has 3 aromatic rings. The van der Waals surface area contributed by atoms with Crippen molar-refractivity contribution in [2.75, 3.05) is 31.6 Å². The fraction of sp³-hybridized carbons (Fsp3) is 0.318. The van der Waals surface area contributed by atoms with Gasteiger partial charge in [-0.3, -0.25) is 9.59 Å². The molecule has 5 rings (SSSR count). The summed E-state index contributed by atoms with van der Waals surface area (Å²) >= 11 is 0. The number of likely N-dealkylation sites (tertiary alicyclic amines) is 1. The number of nitrogens with one attached hydrogen (secondary N) is 1. The van der Waals surface area contributed by atoms with Crippen LogP contribution in [0.3, 0.4) is 0 Å². The first-order valence-electron chi connectivity index (χ1n) is 10.2. The highest BCUT2D eigenvalue weighted by Gasteiger charge is 2.28. The minimum absolute atomic E-state index is 0.0652. The number of aromatic nitrogens is 2. The van der Waals surface area contributed by atoms with E-state index in [0.29, 0.717) is 31.3 Å². The Hall–Kier alpha value is -3.62. The predicted molar refractivity (Wildman–Crippen MR) is 110 cm³/mol. The Bertz CT molecular complexity index is 1150. The zero-order valence-electron chi connectivity index (χ0n) is 16.7. The number of anilines is 1. The van der Waals surface area contributed by atoms with Gasteiger partial charge in [0.25, 0.3) is 11.8 Å². The Balaban J connectivity index is 1.21. The van der Waals surface area contributed by atoms with Crippen LogP contribution in [0.5, 0.6) is 11.6 Å². The van der Waals surface area contributed by atoms with Crippen molar-refractivity contribution >= 4 is 23.0 Å². The monoisotopic (exact) mass is 424 g/mol. The van der Waals surface area contributed by atoms with E-state index in [0.717, 1.165) is 24.4 Å².